The summed E-state index contributed by atoms with van der Waals surface area (Å²) in [4.78, 5) is 15.3. The largest absolute Gasteiger partial charge is 0.347 e. The van der Waals surface area contributed by atoms with Crippen LogP contribution in [0.15, 0.2) is 59.6 Å². The van der Waals surface area contributed by atoms with Gasteiger partial charge in [-0.1, -0.05) is 66.8 Å². The number of rotatable bonds is 4. The summed E-state index contributed by atoms with van der Waals surface area (Å²) >= 11 is 6.86. The van der Waals surface area contributed by atoms with Crippen molar-refractivity contribution in [2.24, 2.45) is 0 Å². The maximum Gasteiger partial charge on any atom is 0.270 e. The number of aromatic nitrogens is 1. The molecule has 1 amide bonds. The molecule has 5 heteroatoms. The number of carbonyl (C=O) groups is 1. The number of aryl methyl sites for hydroxylation is 2. The molecule has 1 saturated heterocycles. The van der Waals surface area contributed by atoms with Crippen LogP contribution in [0.25, 0.3) is 17.0 Å². The van der Waals surface area contributed by atoms with Crippen molar-refractivity contribution in [3.63, 3.8) is 0 Å². The molecule has 0 atom stereocenters. The number of thiocarbonyl (C=S) groups is 1. The van der Waals surface area contributed by atoms with Crippen molar-refractivity contribution in [1.82, 2.24) is 4.57 Å². The summed E-state index contributed by atoms with van der Waals surface area (Å²) in [7, 11) is 0. The molecule has 2 aromatic carbocycles. The van der Waals surface area contributed by atoms with Crippen LogP contribution in [-0.2, 0) is 11.3 Å². The Bertz CT molecular complexity index is 1060. The van der Waals surface area contributed by atoms with Gasteiger partial charge in [-0.3, -0.25) is 9.69 Å². The molecule has 3 nitrogen and oxygen atoms in total. The van der Waals surface area contributed by atoms with Crippen LogP contribution in [0.5, 0.6) is 0 Å². The van der Waals surface area contributed by atoms with E-state index in [0.717, 1.165) is 35.2 Å². The number of anilines is 1. The minimum atomic E-state index is -0.0545. The Morgan fingerprint density at radius 3 is 2.59 bits per heavy atom. The number of hydrogen-bond acceptors (Lipinski definition) is 3. The highest BCUT2D eigenvalue weighted by atomic mass is 32.2. The number of para-hydroxylation sites is 1. The van der Waals surface area contributed by atoms with Gasteiger partial charge in [0.25, 0.3) is 5.91 Å². The highest BCUT2D eigenvalue weighted by Crippen LogP contribution is 2.37. The van der Waals surface area contributed by atoms with E-state index in [0.29, 0.717) is 9.23 Å². The maximum atomic E-state index is 13.0. The van der Waals surface area contributed by atoms with Crippen LogP contribution in [0, 0.1) is 6.92 Å². The van der Waals surface area contributed by atoms with E-state index in [4.69, 9.17) is 12.2 Å². The maximum absolute atomic E-state index is 13.0. The molecule has 2 heterocycles. The lowest BCUT2D eigenvalue weighted by molar-refractivity contribution is -0.113. The van der Waals surface area contributed by atoms with E-state index in [9.17, 15) is 4.79 Å². The number of hydrogen-bond donors (Lipinski definition) is 0. The fraction of sp³-hybridized carbons (Fsp3) is 0.182. The van der Waals surface area contributed by atoms with E-state index in [2.05, 4.69) is 35.9 Å². The van der Waals surface area contributed by atoms with Crippen molar-refractivity contribution < 1.29 is 4.79 Å². The van der Waals surface area contributed by atoms with Crippen molar-refractivity contribution >= 4 is 56.9 Å². The molecule has 0 N–H and O–H groups in total. The third-order valence-electron chi connectivity index (χ3n) is 4.66. The van der Waals surface area contributed by atoms with Crippen molar-refractivity contribution in [2.75, 3.05) is 4.90 Å². The van der Waals surface area contributed by atoms with Gasteiger partial charge < -0.3 is 4.57 Å². The van der Waals surface area contributed by atoms with E-state index >= 15 is 0 Å². The molecule has 0 aliphatic carbocycles. The van der Waals surface area contributed by atoms with Gasteiger partial charge in [-0.25, -0.2) is 0 Å². The third kappa shape index (κ3) is 3.33. The number of benzene rings is 2. The van der Waals surface area contributed by atoms with Crippen LogP contribution in [0.3, 0.4) is 0 Å². The van der Waals surface area contributed by atoms with E-state index < -0.39 is 0 Å². The molecule has 0 saturated carbocycles. The number of fused-ring (bicyclic) bond motifs is 1. The molecule has 4 rings (SSSR count). The molecule has 1 aliphatic heterocycles. The first-order chi connectivity index (χ1) is 13.1. The molecular weight excluding hydrogens is 372 g/mol. The van der Waals surface area contributed by atoms with Crippen LogP contribution in [0.1, 0.15) is 24.5 Å². The fourth-order valence-electron chi connectivity index (χ4n) is 3.34. The van der Waals surface area contributed by atoms with Gasteiger partial charge >= 0.3 is 0 Å². The molecule has 0 unspecified atom stereocenters. The number of thioether (sulfide) groups is 1. The summed E-state index contributed by atoms with van der Waals surface area (Å²) in [5, 5.41) is 1.16. The molecule has 27 heavy (non-hydrogen) atoms. The zero-order valence-electron chi connectivity index (χ0n) is 15.3. The molecule has 0 radical (unpaired) electrons. The first-order valence-corrected chi connectivity index (χ1v) is 10.2. The van der Waals surface area contributed by atoms with E-state index in [1.54, 1.807) is 4.90 Å². The number of amides is 1. The van der Waals surface area contributed by atoms with Crippen LogP contribution >= 0.6 is 24.0 Å². The summed E-state index contributed by atoms with van der Waals surface area (Å²) in [6.07, 6.45) is 5.17. The van der Waals surface area contributed by atoms with Gasteiger partial charge in [0.05, 0.1) is 10.6 Å². The van der Waals surface area contributed by atoms with Crippen LogP contribution in [0.4, 0.5) is 5.69 Å². The lowest BCUT2D eigenvalue weighted by Crippen LogP contribution is -2.27. The highest BCUT2D eigenvalue weighted by molar-refractivity contribution is 8.27. The Labute approximate surface area is 168 Å². The standard InChI is InChI=1S/C22H20N2OS2/c1-3-12-23-14-16(18-6-4-5-7-19(18)23)13-20-21(25)24(22(26)27-20)17-10-8-15(2)9-11-17/h4-11,13-14H,3,12H2,1-2H3/b20-13+. The van der Waals surface area contributed by atoms with Crippen LogP contribution in [-0.4, -0.2) is 14.8 Å². The molecule has 0 bridgehead atoms. The van der Waals surface area contributed by atoms with Crippen LogP contribution in [0.2, 0.25) is 0 Å². The summed E-state index contributed by atoms with van der Waals surface area (Å²) in [6, 6.07) is 16.2. The SMILES string of the molecule is CCCn1cc(/C=C2/SC(=S)N(c3ccc(C)cc3)C2=O)c2ccccc21. The topological polar surface area (TPSA) is 25.2 Å². The van der Waals surface area contributed by atoms with Gasteiger partial charge in [-0.15, -0.1) is 0 Å². The van der Waals surface area contributed by atoms with Crippen LogP contribution < -0.4 is 4.90 Å². The van der Waals surface area contributed by atoms with E-state index in [-0.39, 0.29) is 5.91 Å². The zero-order valence-corrected chi connectivity index (χ0v) is 16.9. The summed E-state index contributed by atoms with van der Waals surface area (Å²) in [6.45, 7) is 5.15. The molecule has 0 spiro atoms. The summed E-state index contributed by atoms with van der Waals surface area (Å²) < 4.78 is 2.83. The lowest BCUT2D eigenvalue weighted by atomic mass is 10.1. The zero-order chi connectivity index (χ0) is 19.0. The predicted octanol–water partition coefficient (Wildman–Crippen LogP) is 5.77. The molecule has 3 aromatic rings. The smallest absolute Gasteiger partial charge is 0.270 e. The normalized spacial score (nSPS) is 16.1. The Morgan fingerprint density at radius 2 is 1.85 bits per heavy atom. The first kappa shape index (κ1) is 18.0. The predicted molar refractivity (Wildman–Crippen MR) is 119 cm³/mol. The molecule has 1 fully saturated rings. The van der Waals surface area contributed by atoms with E-state index in [1.807, 2.05) is 43.3 Å². The minimum absolute atomic E-state index is 0.0545. The van der Waals surface area contributed by atoms with Crippen molar-refractivity contribution in [2.45, 2.75) is 26.8 Å². The Hall–Kier alpha value is -2.37. The Morgan fingerprint density at radius 1 is 1.11 bits per heavy atom. The molecule has 1 aromatic heterocycles. The second kappa shape index (κ2) is 7.33. The molecular formula is C22H20N2OS2. The summed E-state index contributed by atoms with van der Waals surface area (Å²) in [5.74, 6) is -0.0545. The average Bonchev–Trinajstić information content (AvgIpc) is 3.14. The second-order valence-electron chi connectivity index (χ2n) is 6.65. The number of nitrogens with zero attached hydrogens (tertiary/aromatic N) is 2. The number of carbonyl (C=O) groups excluding carboxylic acids is 1. The minimum Gasteiger partial charge on any atom is -0.347 e. The van der Waals surface area contributed by atoms with Gasteiger partial charge in [-0.2, -0.15) is 0 Å². The van der Waals surface area contributed by atoms with Crippen molar-refractivity contribution in [3.05, 3.63) is 70.8 Å². The van der Waals surface area contributed by atoms with Gasteiger partial charge in [0.1, 0.15) is 0 Å². The first-order valence-electron chi connectivity index (χ1n) is 9.01. The lowest BCUT2D eigenvalue weighted by Gasteiger charge is -2.14. The Kier molecular flexibility index (Phi) is 4.89. The Balaban J connectivity index is 1.73. The van der Waals surface area contributed by atoms with Gasteiger partial charge in [0, 0.05) is 29.2 Å². The average molecular weight is 393 g/mol. The summed E-state index contributed by atoms with van der Waals surface area (Å²) in [5.41, 5.74) is 4.23. The van der Waals surface area contributed by atoms with Crippen molar-refractivity contribution in [1.29, 1.82) is 0 Å². The molecule has 136 valence electrons. The highest BCUT2D eigenvalue weighted by Gasteiger charge is 2.33. The van der Waals surface area contributed by atoms with E-state index in [1.165, 1.54) is 17.3 Å². The molecule has 1 aliphatic rings. The third-order valence-corrected chi connectivity index (χ3v) is 5.96. The van der Waals surface area contributed by atoms with Gasteiger partial charge in [0.2, 0.25) is 0 Å². The van der Waals surface area contributed by atoms with Gasteiger partial charge in [-0.05, 0) is 37.6 Å². The second-order valence-corrected chi connectivity index (χ2v) is 8.32. The van der Waals surface area contributed by atoms with Gasteiger partial charge in [0.15, 0.2) is 4.32 Å². The quantitative estimate of drug-likeness (QED) is 0.416. The fourth-order valence-corrected chi connectivity index (χ4v) is 4.63. The monoisotopic (exact) mass is 392 g/mol. The van der Waals surface area contributed by atoms with Crippen molar-refractivity contribution in [3.8, 4) is 0 Å².